The zero-order chi connectivity index (χ0) is 11.2. The van der Waals surface area contributed by atoms with Crippen molar-refractivity contribution < 1.29 is 4.74 Å². The van der Waals surface area contributed by atoms with E-state index in [9.17, 15) is 0 Å². The largest absolute Gasteiger partial charge is 0.378 e. The first-order valence-corrected chi connectivity index (χ1v) is 7.01. The molecule has 1 aliphatic rings. The second-order valence-corrected chi connectivity index (χ2v) is 5.19. The number of rotatable bonds is 6. The Morgan fingerprint density at radius 2 is 2.53 bits per heavy atom. The standard InChI is InChI=1S/C12H20N2OS.ClH/c1-10(4-5-12-3-2-6-15-12)13-7-11-8-16-9-14-11;/h8-10,12-13H,2-7H2,1H3;1H. The van der Waals surface area contributed by atoms with E-state index in [0.29, 0.717) is 12.1 Å². The Balaban J connectivity index is 0.00000144. The Kier molecular flexibility index (Phi) is 7.04. The summed E-state index contributed by atoms with van der Waals surface area (Å²) in [6, 6.07) is 0.547. The average Bonchev–Trinajstić information content (AvgIpc) is 2.96. The topological polar surface area (TPSA) is 34.1 Å². The van der Waals surface area contributed by atoms with Crippen LogP contribution in [-0.2, 0) is 11.3 Å². The van der Waals surface area contributed by atoms with Crippen LogP contribution in [0.3, 0.4) is 0 Å². The minimum absolute atomic E-state index is 0. The molecule has 2 unspecified atom stereocenters. The Bertz CT molecular complexity index is 289. The van der Waals surface area contributed by atoms with Gasteiger partial charge in [-0.2, -0.15) is 0 Å². The molecule has 0 amide bonds. The fraction of sp³-hybridized carbons (Fsp3) is 0.750. The highest BCUT2D eigenvalue weighted by molar-refractivity contribution is 7.07. The van der Waals surface area contributed by atoms with Crippen molar-refractivity contribution >= 4 is 23.7 Å². The van der Waals surface area contributed by atoms with Gasteiger partial charge in [0.15, 0.2) is 0 Å². The van der Waals surface area contributed by atoms with Crippen LogP contribution in [0, 0.1) is 0 Å². The van der Waals surface area contributed by atoms with Crippen molar-refractivity contribution in [3.8, 4) is 0 Å². The molecule has 1 aliphatic heterocycles. The zero-order valence-corrected chi connectivity index (χ0v) is 11.9. The van der Waals surface area contributed by atoms with E-state index in [1.807, 2.05) is 5.51 Å². The van der Waals surface area contributed by atoms with Crippen LogP contribution in [-0.4, -0.2) is 23.7 Å². The van der Waals surface area contributed by atoms with Crippen LogP contribution in [0.15, 0.2) is 10.9 Å². The summed E-state index contributed by atoms with van der Waals surface area (Å²) in [4.78, 5) is 4.26. The lowest BCUT2D eigenvalue weighted by molar-refractivity contribution is 0.100. The molecular weight excluding hydrogens is 256 g/mol. The monoisotopic (exact) mass is 276 g/mol. The third kappa shape index (κ3) is 5.34. The molecule has 0 bridgehead atoms. The quantitative estimate of drug-likeness (QED) is 0.867. The van der Waals surface area contributed by atoms with Gasteiger partial charge in [0.05, 0.1) is 17.3 Å². The van der Waals surface area contributed by atoms with Gasteiger partial charge in [-0.05, 0) is 32.6 Å². The molecule has 0 radical (unpaired) electrons. The Labute approximate surface area is 113 Å². The predicted molar refractivity (Wildman–Crippen MR) is 73.9 cm³/mol. The van der Waals surface area contributed by atoms with Gasteiger partial charge in [-0.15, -0.1) is 23.7 Å². The summed E-state index contributed by atoms with van der Waals surface area (Å²) in [5, 5.41) is 5.59. The van der Waals surface area contributed by atoms with E-state index in [1.165, 1.54) is 25.7 Å². The minimum atomic E-state index is 0. The molecule has 98 valence electrons. The first-order chi connectivity index (χ1) is 7.84. The number of nitrogens with one attached hydrogen (secondary N) is 1. The Morgan fingerprint density at radius 1 is 1.65 bits per heavy atom. The lowest BCUT2D eigenvalue weighted by Crippen LogP contribution is -2.26. The molecule has 1 fully saturated rings. The molecule has 0 saturated carbocycles. The molecule has 3 nitrogen and oxygen atoms in total. The van der Waals surface area contributed by atoms with E-state index < -0.39 is 0 Å². The van der Waals surface area contributed by atoms with Gasteiger partial charge in [0, 0.05) is 24.6 Å². The van der Waals surface area contributed by atoms with Crippen LogP contribution in [0.25, 0.3) is 0 Å². The van der Waals surface area contributed by atoms with E-state index in [-0.39, 0.29) is 12.4 Å². The zero-order valence-electron chi connectivity index (χ0n) is 10.2. The van der Waals surface area contributed by atoms with Crippen LogP contribution in [0.4, 0.5) is 0 Å². The second-order valence-electron chi connectivity index (χ2n) is 4.47. The molecule has 1 N–H and O–H groups in total. The van der Waals surface area contributed by atoms with E-state index in [2.05, 4.69) is 22.6 Å². The van der Waals surface area contributed by atoms with Gasteiger partial charge >= 0.3 is 0 Å². The van der Waals surface area contributed by atoms with Crippen LogP contribution in [0.5, 0.6) is 0 Å². The smallest absolute Gasteiger partial charge is 0.0795 e. The molecule has 0 aliphatic carbocycles. The maximum atomic E-state index is 5.62. The molecular formula is C12H21ClN2OS. The number of thiazole rings is 1. The fourth-order valence-corrected chi connectivity index (χ4v) is 2.57. The normalized spacial score (nSPS) is 21.1. The van der Waals surface area contributed by atoms with Gasteiger partial charge in [0.25, 0.3) is 0 Å². The van der Waals surface area contributed by atoms with Crippen LogP contribution in [0.2, 0.25) is 0 Å². The highest BCUT2D eigenvalue weighted by atomic mass is 35.5. The summed E-state index contributed by atoms with van der Waals surface area (Å²) >= 11 is 1.65. The lowest BCUT2D eigenvalue weighted by Gasteiger charge is -2.15. The first-order valence-electron chi connectivity index (χ1n) is 6.06. The van der Waals surface area contributed by atoms with Crippen molar-refractivity contribution in [3.63, 3.8) is 0 Å². The Morgan fingerprint density at radius 3 is 3.18 bits per heavy atom. The fourth-order valence-electron chi connectivity index (χ4n) is 2.01. The van der Waals surface area contributed by atoms with Crippen molar-refractivity contribution in [2.24, 2.45) is 0 Å². The summed E-state index contributed by atoms with van der Waals surface area (Å²) < 4.78 is 5.62. The molecule has 1 saturated heterocycles. The van der Waals surface area contributed by atoms with Gasteiger partial charge < -0.3 is 10.1 Å². The van der Waals surface area contributed by atoms with Crippen LogP contribution in [0.1, 0.15) is 38.3 Å². The molecule has 5 heteroatoms. The van der Waals surface area contributed by atoms with Crippen LogP contribution < -0.4 is 5.32 Å². The van der Waals surface area contributed by atoms with Gasteiger partial charge in [-0.25, -0.2) is 4.98 Å². The van der Waals surface area contributed by atoms with Gasteiger partial charge in [0.1, 0.15) is 0 Å². The number of aromatic nitrogens is 1. The molecule has 2 atom stereocenters. The average molecular weight is 277 g/mol. The van der Waals surface area contributed by atoms with Gasteiger partial charge in [-0.1, -0.05) is 0 Å². The van der Waals surface area contributed by atoms with Gasteiger partial charge in [0.2, 0.25) is 0 Å². The maximum Gasteiger partial charge on any atom is 0.0795 e. The molecule has 1 aromatic heterocycles. The summed E-state index contributed by atoms with van der Waals surface area (Å²) in [7, 11) is 0. The number of hydrogen-bond donors (Lipinski definition) is 1. The van der Waals surface area contributed by atoms with E-state index in [0.717, 1.165) is 18.8 Å². The van der Waals surface area contributed by atoms with E-state index in [1.54, 1.807) is 11.3 Å². The predicted octanol–water partition coefficient (Wildman–Crippen LogP) is 3.00. The first kappa shape index (κ1) is 14.9. The molecule has 1 aromatic rings. The Hall–Kier alpha value is -0.160. The van der Waals surface area contributed by atoms with E-state index in [4.69, 9.17) is 4.74 Å². The summed E-state index contributed by atoms with van der Waals surface area (Å²) in [6.45, 7) is 4.09. The highest BCUT2D eigenvalue weighted by Gasteiger charge is 2.16. The minimum Gasteiger partial charge on any atom is -0.378 e. The molecule has 0 aromatic carbocycles. The third-order valence-corrected chi connectivity index (χ3v) is 3.70. The third-order valence-electron chi connectivity index (χ3n) is 3.06. The van der Waals surface area contributed by atoms with E-state index >= 15 is 0 Å². The second kappa shape index (κ2) is 8.03. The number of nitrogens with zero attached hydrogens (tertiary/aromatic N) is 1. The highest BCUT2D eigenvalue weighted by Crippen LogP contribution is 2.17. The van der Waals surface area contributed by atoms with Crippen molar-refractivity contribution in [2.75, 3.05) is 6.61 Å². The lowest BCUT2D eigenvalue weighted by atomic mass is 10.1. The van der Waals surface area contributed by atoms with Crippen molar-refractivity contribution in [3.05, 3.63) is 16.6 Å². The number of ether oxygens (including phenoxy) is 1. The molecule has 0 spiro atoms. The summed E-state index contributed by atoms with van der Waals surface area (Å²) in [6.07, 6.45) is 5.38. The summed E-state index contributed by atoms with van der Waals surface area (Å²) in [5.41, 5.74) is 3.03. The summed E-state index contributed by atoms with van der Waals surface area (Å²) in [5.74, 6) is 0. The van der Waals surface area contributed by atoms with Gasteiger partial charge in [-0.3, -0.25) is 0 Å². The number of halogens is 1. The van der Waals surface area contributed by atoms with Crippen molar-refractivity contribution in [1.82, 2.24) is 10.3 Å². The maximum absolute atomic E-state index is 5.62. The van der Waals surface area contributed by atoms with Crippen molar-refractivity contribution in [1.29, 1.82) is 0 Å². The van der Waals surface area contributed by atoms with Crippen molar-refractivity contribution in [2.45, 2.75) is 51.3 Å². The molecule has 2 heterocycles. The molecule has 2 rings (SSSR count). The SMILES string of the molecule is CC(CCC1CCCO1)NCc1cscn1.Cl. The number of hydrogen-bond acceptors (Lipinski definition) is 4. The molecule has 17 heavy (non-hydrogen) atoms. The van der Waals surface area contributed by atoms with Crippen LogP contribution >= 0.6 is 23.7 Å².